The summed E-state index contributed by atoms with van der Waals surface area (Å²) in [6.07, 6.45) is 4.88. The van der Waals surface area contributed by atoms with Gasteiger partial charge in [0.2, 0.25) is 0 Å². The van der Waals surface area contributed by atoms with Crippen LogP contribution in [0.3, 0.4) is 0 Å². The molecule has 0 saturated heterocycles. The van der Waals surface area contributed by atoms with E-state index in [0.29, 0.717) is 12.0 Å². The number of nitrogens with zero attached hydrogens (tertiary/aromatic N) is 1. The fourth-order valence-corrected chi connectivity index (χ4v) is 8.44. The van der Waals surface area contributed by atoms with Gasteiger partial charge in [-0.2, -0.15) is 0 Å². The number of rotatable bonds is 9. The summed E-state index contributed by atoms with van der Waals surface area (Å²) in [6, 6.07) is 40.9. The fraction of sp³-hybridized carbons (Fsp3) is 0.306. The van der Waals surface area contributed by atoms with Gasteiger partial charge in [-0.25, -0.2) is 0 Å². The van der Waals surface area contributed by atoms with E-state index in [0.717, 1.165) is 11.4 Å². The molecule has 272 valence electrons. The molecule has 2 unspecified atom stereocenters. The normalized spacial score (nSPS) is 19.2. The van der Waals surface area contributed by atoms with Crippen LogP contribution in [0.5, 0.6) is 0 Å². The lowest BCUT2D eigenvalue weighted by Gasteiger charge is -2.40. The van der Waals surface area contributed by atoms with E-state index >= 15 is 0 Å². The van der Waals surface area contributed by atoms with Crippen molar-refractivity contribution < 1.29 is 0 Å². The van der Waals surface area contributed by atoms with Crippen molar-refractivity contribution in [3.05, 3.63) is 166 Å². The lowest BCUT2D eigenvalue weighted by Crippen LogP contribution is -2.32. The molecule has 0 saturated carbocycles. The van der Waals surface area contributed by atoms with Gasteiger partial charge in [0.25, 0.3) is 0 Å². The third-order valence-corrected chi connectivity index (χ3v) is 11.2. The minimum Gasteiger partial charge on any atom is -0.383 e. The summed E-state index contributed by atoms with van der Waals surface area (Å²) in [7, 11) is 0. The second-order valence-corrected chi connectivity index (χ2v) is 16.4. The molecule has 5 aromatic carbocycles. The van der Waals surface area contributed by atoms with Crippen LogP contribution in [0.25, 0.3) is 5.70 Å². The Bertz CT molecular complexity index is 2190. The standard InChI is InChI=1S/C49H56N4/c1-31(2)44-29-48(9,37-20-15-12-16-21-37)43-28-41(25-35(8)47(43)51-44)53(33(5)6)40-23-17-22-38(26-40)49(10)30-45(36-18-13-11-14-19-36)52-46-34(7)24-39(27-42(46)49)50-32(3)4/h11-33,50-52H,1-10H3. The summed E-state index contributed by atoms with van der Waals surface area (Å²) in [5, 5.41) is 11.4. The van der Waals surface area contributed by atoms with E-state index in [1.807, 2.05) is 0 Å². The smallest absolute Gasteiger partial charge is 0.0460 e. The third-order valence-electron chi connectivity index (χ3n) is 11.2. The lowest BCUT2D eigenvalue weighted by atomic mass is 9.71. The SMILES string of the molecule is Cc1cc(NC(C)C)cc2c1NC(c1ccccc1)=CC2(C)c1cccc(N(c2cc(C)c3c(c2)C(C)(c2ccccc2)C=C(C(C)C)N3)C(C)C)c1. The maximum Gasteiger partial charge on any atom is 0.0460 e. The average Bonchev–Trinajstić information content (AvgIpc) is 3.13. The molecule has 0 spiro atoms. The Morgan fingerprint density at radius 3 is 1.85 bits per heavy atom. The second kappa shape index (κ2) is 14.0. The molecule has 0 aliphatic carbocycles. The first-order valence-corrected chi connectivity index (χ1v) is 19.4. The van der Waals surface area contributed by atoms with Gasteiger partial charge in [-0.3, -0.25) is 0 Å². The molecule has 2 aliphatic rings. The number of aryl methyl sites for hydroxylation is 2. The number of allylic oxidation sites excluding steroid dienone is 3. The number of nitrogens with one attached hydrogen (secondary N) is 3. The molecule has 53 heavy (non-hydrogen) atoms. The molecular weight excluding hydrogens is 645 g/mol. The molecule has 3 N–H and O–H groups in total. The van der Waals surface area contributed by atoms with Crippen molar-refractivity contribution >= 4 is 34.1 Å². The van der Waals surface area contributed by atoms with Gasteiger partial charge in [-0.1, -0.05) is 92.7 Å². The Kier molecular flexibility index (Phi) is 9.53. The van der Waals surface area contributed by atoms with Gasteiger partial charge >= 0.3 is 0 Å². The first kappa shape index (κ1) is 36.2. The first-order chi connectivity index (χ1) is 25.3. The number of hydrogen-bond donors (Lipinski definition) is 3. The van der Waals surface area contributed by atoms with Crippen LogP contribution in [0.1, 0.15) is 94.3 Å². The van der Waals surface area contributed by atoms with Crippen LogP contribution >= 0.6 is 0 Å². The molecular formula is C49H56N4. The highest BCUT2D eigenvalue weighted by atomic mass is 15.2. The number of hydrogen-bond acceptors (Lipinski definition) is 4. The van der Waals surface area contributed by atoms with Crippen molar-refractivity contribution in [2.45, 2.75) is 92.2 Å². The van der Waals surface area contributed by atoms with Crippen molar-refractivity contribution in [3.63, 3.8) is 0 Å². The fourth-order valence-electron chi connectivity index (χ4n) is 8.44. The van der Waals surface area contributed by atoms with Gasteiger partial charge < -0.3 is 20.9 Å². The molecule has 2 aliphatic heterocycles. The van der Waals surface area contributed by atoms with Gasteiger partial charge in [-0.15, -0.1) is 0 Å². The molecule has 7 rings (SSSR count). The van der Waals surface area contributed by atoms with Gasteiger partial charge in [0.05, 0.1) is 0 Å². The van der Waals surface area contributed by atoms with Crippen molar-refractivity contribution in [1.29, 1.82) is 0 Å². The quantitative estimate of drug-likeness (QED) is 0.143. The van der Waals surface area contributed by atoms with Crippen molar-refractivity contribution in [1.82, 2.24) is 0 Å². The largest absolute Gasteiger partial charge is 0.383 e. The van der Waals surface area contributed by atoms with Crippen LogP contribution in [-0.4, -0.2) is 12.1 Å². The minimum absolute atomic E-state index is 0.219. The van der Waals surface area contributed by atoms with Crippen LogP contribution in [-0.2, 0) is 10.8 Å². The highest BCUT2D eigenvalue weighted by Crippen LogP contribution is 2.49. The number of benzene rings is 5. The van der Waals surface area contributed by atoms with Crippen LogP contribution in [0.15, 0.2) is 127 Å². The van der Waals surface area contributed by atoms with Crippen molar-refractivity contribution in [2.75, 3.05) is 20.9 Å². The van der Waals surface area contributed by atoms with E-state index in [9.17, 15) is 0 Å². The second-order valence-electron chi connectivity index (χ2n) is 16.4. The topological polar surface area (TPSA) is 39.3 Å². The first-order valence-electron chi connectivity index (χ1n) is 19.4. The van der Waals surface area contributed by atoms with E-state index in [4.69, 9.17) is 0 Å². The molecule has 2 atom stereocenters. The molecule has 4 nitrogen and oxygen atoms in total. The Balaban J connectivity index is 1.39. The zero-order valence-corrected chi connectivity index (χ0v) is 33.2. The Morgan fingerprint density at radius 1 is 0.585 bits per heavy atom. The van der Waals surface area contributed by atoms with E-state index < -0.39 is 5.41 Å². The zero-order valence-electron chi connectivity index (χ0n) is 33.2. The molecule has 0 radical (unpaired) electrons. The number of anilines is 5. The molecule has 0 aromatic heterocycles. The van der Waals surface area contributed by atoms with E-state index in [1.165, 1.54) is 67.4 Å². The summed E-state index contributed by atoms with van der Waals surface area (Å²) < 4.78 is 0. The van der Waals surface area contributed by atoms with E-state index in [1.54, 1.807) is 0 Å². The Hall–Kier alpha value is -5.22. The Morgan fingerprint density at radius 2 is 1.19 bits per heavy atom. The van der Waals surface area contributed by atoms with Crippen molar-refractivity contribution in [2.24, 2.45) is 5.92 Å². The molecule has 2 heterocycles. The highest BCUT2D eigenvalue weighted by Gasteiger charge is 2.37. The van der Waals surface area contributed by atoms with Gasteiger partial charge in [0.1, 0.15) is 0 Å². The maximum absolute atomic E-state index is 3.85. The van der Waals surface area contributed by atoms with Crippen LogP contribution < -0.4 is 20.9 Å². The third kappa shape index (κ3) is 6.65. The zero-order chi connectivity index (χ0) is 37.7. The predicted octanol–water partition coefficient (Wildman–Crippen LogP) is 12.7. The summed E-state index contributed by atoms with van der Waals surface area (Å²) in [4.78, 5) is 2.51. The number of fused-ring (bicyclic) bond motifs is 2. The summed E-state index contributed by atoms with van der Waals surface area (Å²) in [5.74, 6) is 0.388. The lowest BCUT2D eigenvalue weighted by molar-refractivity contribution is 0.668. The van der Waals surface area contributed by atoms with Gasteiger partial charge in [0.15, 0.2) is 0 Å². The molecule has 5 aromatic rings. The van der Waals surface area contributed by atoms with Gasteiger partial charge in [-0.05, 0) is 143 Å². The summed E-state index contributed by atoms with van der Waals surface area (Å²) in [5.41, 5.74) is 16.5. The van der Waals surface area contributed by atoms with Crippen LogP contribution in [0.2, 0.25) is 0 Å². The van der Waals surface area contributed by atoms with Crippen LogP contribution in [0, 0.1) is 19.8 Å². The monoisotopic (exact) mass is 700 g/mol. The van der Waals surface area contributed by atoms with E-state index in [-0.39, 0.29) is 11.5 Å². The predicted molar refractivity (Wildman–Crippen MR) is 229 cm³/mol. The van der Waals surface area contributed by atoms with Gasteiger partial charge in [0, 0.05) is 62.7 Å². The average molecular weight is 701 g/mol. The summed E-state index contributed by atoms with van der Waals surface area (Å²) in [6.45, 7) is 22.8. The maximum atomic E-state index is 3.85. The Labute approximate surface area is 318 Å². The highest BCUT2D eigenvalue weighted by molar-refractivity contribution is 5.87. The molecule has 0 bridgehead atoms. The summed E-state index contributed by atoms with van der Waals surface area (Å²) >= 11 is 0. The molecule has 0 amide bonds. The van der Waals surface area contributed by atoms with Crippen LogP contribution in [0.4, 0.5) is 28.4 Å². The van der Waals surface area contributed by atoms with Crippen molar-refractivity contribution in [3.8, 4) is 0 Å². The molecule has 0 fully saturated rings. The van der Waals surface area contributed by atoms with E-state index in [2.05, 4.69) is 211 Å². The minimum atomic E-state index is -0.399. The molecule has 4 heteroatoms.